The molecule has 132 valence electrons. The predicted molar refractivity (Wildman–Crippen MR) is 99.5 cm³/mol. The van der Waals surface area contributed by atoms with E-state index in [1.807, 2.05) is 12.1 Å². The molecule has 0 bridgehead atoms. The van der Waals surface area contributed by atoms with Crippen LogP contribution in [0.5, 0.6) is 5.75 Å². The van der Waals surface area contributed by atoms with Crippen LogP contribution in [-0.4, -0.2) is 25.4 Å². The molecule has 7 heteroatoms. The van der Waals surface area contributed by atoms with Gasteiger partial charge in [-0.25, -0.2) is 4.79 Å². The molecule has 0 unspecified atom stereocenters. The highest BCUT2D eigenvalue weighted by molar-refractivity contribution is 6.35. The van der Waals surface area contributed by atoms with Gasteiger partial charge in [0.1, 0.15) is 5.75 Å². The number of esters is 1. The first-order valence-electron chi connectivity index (χ1n) is 7.67. The second kappa shape index (κ2) is 9.91. The maximum absolute atomic E-state index is 11.2. The molecule has 0 spiro atoms. The van der Waals surface area contributed by atoms with E-state index in [1.165, 1.54) is 0 Å². The van der Waals surface area contributed by atoms with Gasteiger partial charge in [-0.3, -0.25) is 0 Å². The van der Waals surface area contributed by atoms with Crippen molar-refractivity contribution >= 4 is 35.4 Å². The van der Waals surface area contributed by atoms with E-state index in [2.05, 4.69) is 10.5 Å². The first-order chi connectivity index (χ1) is 12.1. The van der Waals surface area contributed by atoms with Crippen LogP contribution in [0.15, 0.2) is 47.6 Å². The second-order valence-corrected chi connectivity index (χ2v) is 5.77. The van der Waals surface area contributed by atoms with Crippen molar-refractivity contribution in [1.29, 1.82) is 0 Å². The van der Waals surface area contributed by atoms with Crippen molar-refractivity contribution in [2.24, 2.45) is 5.10 Å². The lowest BCUT2D eigenvalue weighted by molar-refractivity contribution is -0.145. The van der Waals surface area contributed by atoms with Crippen molar-refractivity contribution in [2.75, 3.05) is 13.2 Å². The molecule has 0 atom stereocenters. The van der Waals surface area contributed by atoms with Crippen LogP contribution in [-0.2, 0) is 16.1 Å². The average molecular weight is 381 g/mol. The van der Waals surface area contributed by atoms with Crippen molar-refractivity contribution in [3.63, 3.8) is 0 Å². The Hall–Kier alpha value is -2.24. The number of hydrazone groups is 1. The molecule has 1 N–H and O–H groups in total. The summed E-state index contributed by atoms with van der Waals surface area (Å²) in [5.41, 5.74) is 4.58. The highest BCUT2D eigenvalue weighted by Gasteiger charge is 2.04. The summed E-state index contributed by atoms with van der Waals surface area (Å²) in [5.74, 6) is 0.191. The van der Waals surface area contributed by atoms with Gasteiger partial charge in [0.25, 0.3) is 0 Å². The third-order valence-corrected chi connectivity index (χ3v) is 3.87. The zero-order chi connectivity index (χ0) is 18.1. The monoisotopic (exact) mass is 380 g/mol. The maximum atomic E-state index is 11.2. The van der Waals surface area contributed by atoms with Gasteiger partial charge in [0.05, 0.1) is 19.4 Å². The molecule has 0 aliphatic rings. The number of nitrogens with one attached hydrogen (secondary N) is 1. The zero-order valence-electron chi connectivity index (χ0n) is 13.7. The van der Waals surface area contributed by atoms with E-state index < -0.39 is 5.97 Å². The SMILES string of the molecule is CCOC(=O)COc1ccc(/C=N\NCc2c(Cl)cccc2Cl)cc1. The van der Waals surface area contributed by atoms with Crippen LogP contribution in [0.2, 0.25) is 10.0 Å². The summed E-state index contributed by atoms with van der Waals surface area (Å²) in [4.78, 5) is 11.2. The van der Waals surface area contributed by atoms with Crippen LogP contribution in [0, 0.1) is 0 Å². The van der Waals surface area contributed by atoms with Crippen LogP contribution in [0.1, 0.15) is 18.1 Å². The molecule has 0 aliphatic heterocycles. The standard InChI is InChI=1S/C18H18Cl2N2O3/c1-2-24-18(23)12-25-14-8-6-13(7-9-14)10-21-22-11-15-16(19)4-3-5-17(15)20/h3-10,22H,2,11-12H2,1H3/b21-10-. The molecule has 2 aromatic rings. The summed E-state index contributed by atoms with van der Waals surface area (Å²) < 4.78 is 10.1. The third-order valence-electron chi connectivity index (χ3n) is 3.16. The van der Waals surface area contributed by atoms with Crippen LogP contribution in [0.4, 0.5) is 0 Å². The predicted octanol–water partition coefficient (Wildman–Crippen LogP) is 4.06. The molecule has 0 saturated heterocycles. The molecule has 0 saturated carbocycles. The summed E-state index contributed by atoms with van der Waals surface area (Å²) in [6, 6.07) is 12.5. The number of benzene rings is 2. The van der Waals surface area contributed by atoms with Gasteiger partial charge in [-0.05, 0) is 48.9 Å². The fraction of sp³-hybridized carbons (Fsp3) is 0.222. The number of rotatable bonds is 8. The Bertz CT molecular complexity index is 713. The Morgan fingerprint density at radius 1 is 1.16 bits per heavy atom. The normalized spacial score (nSPS) is 10.7. The van der Waals surface area contributed by atoms with Crippen molar-refractivity contribution in [2.45, 2.75) is 13.5 Å². The first kappa shape index (κ1) is 19.1. The summed E-state index contributed by atoms with van der Waals surface area (Å²) in [7, 11) is 0. The molecule has 2 aromatic carbocycles. The van der Waals surface area contributed by atoms with Crippen LogP contribution < -0.4 is 10.2 Å². The Kier molecular flexibility index (Phi) is 7.57. The fourth-order valence-corrected chi connectivity index (χ4v) is 2.47. The minimum atomic E-state index is -0.393. The minimum absolute atomic E-state index is 0.110. The summed E-state index contributed by atoms with van der Waals surface area (Å²) in [6.07, 6.45) is 1.67. The van der Waals surface area contributed by atoms with Gasteiger partial charge >= 0.3 is 5.97 Å². The van der Waals surface area contributed by atoms with Gasteiger partial charge in [-0.15, -0.1) is 0 Å². The summed E-state index contributed by atoms with van der Waals surface area (Å²) >= 11 is 12.2. The topological polar surface area (TPSA) is 59.9 Å². The number of hydrogen-bond acceptors (Lipinski definition) is 5. The van der Waals surface area contributed by atoms with E-state index in [9.17, 15) is 4.79 Å². The van der Waals surface area contributed by atoms with E-state index in [4.69, 9.17) is 32.7 Å². The molecule has 0 radical (unpaired) electrons. The van der Waals surface area contributed by atoms with Gasteiger partial charge in [0.2, 0.25) is 0 Å². The molecule has 0 aliphatic carbocycles. The highest BCUT2D eigenvalue weighted by Crippen LogP contribution is 2.23. The molecule has 25 heavy (non-hydrogen) atoms. The van der Waals surface area contributed by atoms with Gasteiger partial charge < -0.3 is 14.9 Å². The quantitative estimate of drug-likeness (QED) is 0.426. The number of nitrogens with zero attached hydrogens (tertiary/aromatic N) is 1. The van der Waals surface area contributed by atoms with Crippen molar-refractivity contribution in [3.8, 4) is 5.75 Å². The molecule has 0 fully saturated rings. The zero-order valence-corrected chi connectivity index (χ0v) is 15.2. The Morgan fingerprint density at radius 3 is 2.48 bits per heavy atom. The highest BCUT2D eigenvalue weighted by atomic mass is 35.5. The Balaban J connectivity index is 1.82. The number of carbonyl (C=O) groups is 1. The molecular weight excluding hydrogens is 363 g/mol. The van der Waals surface area contributed by atoms with E-state index in [-0.39, 0.29) is 6.61 Å². The smallest absolute Gasteiger partial charge is 0.344 e. The summed E-state index contributed by atoms with van der Waals surface area (Å²) in [5, 5.41) is 5.33. The number of hydrogen-bond donors (Lipinski definition) is 1. The van der Waals surface area contributed by atoms with Gasteiger partial charge in [-0.2, -0.15) is 5.10 Å². The number of carbonyl (C=O) groups excluding carboxylic acids is 1. The van der Waals surface area contributed by atoms with Gasteiger partial charge in [-0.1, -0.05) is 29.3 Å². The van der Waals surface area contributed by atoms with Crippen LogP contribution >= 0.6 is 23.2 Å². The molecule has 2 rings (SSSR count). The Morgan fingerprint density at radius 2 is 1.84 bits per heavy atom. The largest absolute Gasteiger partial charge is 0.482 e. The van der Waals surface area contributed by atoms with Crippen LogP contribution in [0.3, 0.4) is 0 Å². The number of halogens is 2. The second-order valence-electron chi connectivity index (χ2n) is 4.96. The van der Waals surface area contributed by atoms with Crippen molar-refractivity contribution < 1.29 is 14.3 Å². The molecule has 0 amide bonds. The van der Waals surface area contributed by atoms with Crippen molar-refractivity contribution in [1.82, 2.24) is 5.43 Å². The Labute approximate surface area is 156 Å². The first-order valence-corrected chi connectivity index (χ1v) is 8.43. The number of ether oxygens (including phenoxy) is 2. The lowest BCUT2D eigenvalue weighted by atomic mass is 10.2. The lowest BCUT2D eigenvalue weighted by Gasteiger charge is -2.06. The van der Waals surface area contributed by atoms with Gasteiger partial charge in [0.15, 0.2) is 6.61 Å². The van der Waals surface area contributed by atoms with Crippen molar-refractivity contribution in [3.05, 3.63) is 63.6 Å². The van der Waals surface area contributed by atoms with Crippen LogP contribution in [0.25, 0.3) is 0 Å². The van der Waals surface area contributed by atoms with E-state index >= 15 is 0 Å². The summed E-state index contributed by atoms with van der Waals surface area (Å²) in [6.45, 7) is 2.40. The van der Waals surface area contributed by atoms with E-state index in [1.54, 1.807) is 43.5 Å². The van der Waals surface area contributed by atoms with E-state index in [0.29, 0.717) is 28.9 Å². The fourth-order valence-electron chi connectivity index (χ4n) is 1.94. The van der Waals surface area contributed by atoms with Gasteiger partial charge in [0, 0.05) is 15.6 Å². The lowest BCUT2D eigenvalue weighted by Crippen LogP contribution is -2.14. The van der Waals surface area contributed by atoms with E-state index in [0.717, 1.165) is 11.1 Å². The molecule has 5 nitrogen and oxygen atoms in total. The maximum Gasteiger partial charge on any atom is 0.344 e. The molecule has 0 heterocycles. The third kappa shape index (κ3) is 6.29. The molecular formula is C18H18Cl2N2O3. The molecule has 0 aromatic heterocycles. The minimum Gasteiger partial charge on any atom is -0.482 e. The average Bonchev–Trinajstić information content (AvgIpc) is 2.60.